The van der Waals surface area contributed by atoms with Crippen molar-refractivity contribution in [3.63, 3.8) is 0 Å². The molecule has 0 saturated carbocycles. The first kappa shape index (κ1) is 18.8. The molecule has 2 amide bonds. The molecular weight excluding hydrogens is 386 g/mol. The van der Waals surface area contributed by atoms with E-state index in [-0.39, 0.29) is 11.8 Å². The van der Waals surface area contributed by atoms with Gasteiger partial charge in [0.25, 0.3) is 5.91 Å². The summed E-state index contributed by atoms with van der Waals surface area (Å²) in [6, 6.07) is 12.2. The highest BCUT2D eigenvalue weighted by Crippen LogP contribution is 2.26. The van der Waals surface area contributed by atoms with Crippen LogP contribution < -0.4 is 10.6 Å². The highest BCUT2D eigenvalue weighted by Gasteiger charge is 2.17. The summed E-state index contributed by atoms with van der Waals surface area (Å²) in [6.07, 6.45) is 7.20. The predicted molar refractivity (Wildman–Crippen MR) is 112 cm³/mol. The van der Waals surface area contributed by atoms with Gasteiger partial charge in [0, 0.05) is 36.9 Å². The molecule has 4 rings (SSSR count). The number of pyridine rings is 1. The van der Waals surface area contributed by atoms with Gasteiger partial charge in [0.1, 0.15) is 6.04 Å². The van der Waals surface area contributed by atoms with Crippen LogP contribution in [0.15, 0.2) is 67.3 Å². The highest BCUT2D eigenvalue weighted by atomic mass is 32.1. The Bertz CT molecular complexity index is 1140. The summed E-state index contributed by atoms with van der Waals surface area (Å²) in [5, 5.41) is 6.40. The molecule has 0 bridgehead atoms. The first-order valence-corrected chi connectivity index (χ1v) is 9.93. The van der Waals surface area contributed by atoms with E-state index in [0.717, 1.165) is 20.9 Å². The maximum atomic E-state index is 12.6. The first-order valence-electron chi connectivity index (χ1n) is 9.11. The zero-order chi connectivity index (χ0) is 20.2. The third-order valence-corrected chi connectivity index (χ3v) is 5.45. The Morgan fingerprint density at radius 3 is 2.66 bits per heavy atom. The van der Waals surface area contributed by atoms with Gasteiger partial charge in [0.15, 0.2) is 5.13 Å². The van der Waals surface area contributed by atoms with Crippen LogP contribution in [-0.2, 0) is 11.3 Å². The van der Waals surface area contributed by atoms with E-state index < -0.39 is 6.04 Å². The molecule has 7 nitrogen and oxygen atoms in total. The van der Waals surface area contributed by atoms with Crippen molar-refractivity contribution in [3.8, 4) is 5.13 Å². The van der Waals surface area contributed by atoms with E-state index in [1.807, 2.05) is 47.3 Å². The summed E-state index contributed by atoms with van der Waals surface area (Å²) < 4.78 is 2.84. The molecule has 0 aliphatic carbocycles. The Balaban J connectivity index is 1.40. The number of hydrogen-bond donors (Lipinski definition) is 2. The monoisotopic (exact) mass is 405 g/mol. The molecule has 1 aromatic carbocycles. The summed E-state index contributed by atoms with van der Waals surface area (Å²) in [5.74, 6) is -0.543. The van der Waals surface area contributed by atoms with Crippen molar-refractivity contribution in [2.45, 2.75) is 19.5 Å². The number of fused-ring (bicyclic) bond motifs is 1. The van der Waals surface area contributed by atoms with Gasteiger partial charge in [-0.15, -0.1) is 0 Å². The first-order chi connectivity index (χ1) is 14.1. The molecule has 0 radical (unpaired) electrons. The van der Waals surface area contributed by atoms with Gasteiger partial charge in [-0.3, -0.25) is 14.6 Å². The number of aromatic nitrogens is 3. The average molecular weight is 405 g/mol. The number of nitrogens with one attached hydrogen (secondary N) is 2. The number of amides is 2. The van der Waals surface area contributed by atoms with Crippen molar-refractivity contribution >= 4 is 33.4 Å². The largest absolute Gasteiger partial charge is 0.350 e. The molecule has 0 saturated heterocycles. The molecule has 0 aliphatic heterocycles. The van der Waals surface area contributed by atoms with E-state index in [2.05, 4.69) is 20.6 Å². The minimum atomic E-state index is -0.656. The number of rotatable bonds is 6. The van der Waals surface area contributed by atoms with E-state index in [1.54, 1.807) is 31.5 Å². The second kappa shape index (κ2) is 8.24. The van der Waals surface area contributed by atoms with Gasteiger partial charge in [-0.05, 0) is 55.0 Å². The molecule has 8 heteroatoms. The predicted octanol–water partition coefficient (Wildman–Crippen LogP) is 2.92. The van der Waals surface area contributed by atoms with E-state index >= 15 is 0 Å². The lowest BCUT2D eigenvalue weighted by Gasteiger charge is -2.14. The van der Waals surface area contributed by atoms with Crippen molar-refractivity contribution in [2.75, 3.05) is 0 Å². The Morgan fingerprint density at radius 2 is 1.90 bits per heavy atom. The normalized spacial score (nSPS) is 11.9. The Morgan fingerprint density at radius 1 is 1.14 bits per heavy atom. The molecular formula is C21H19N5O2S. The lowest BCUT2D eigenvalue weighted by atomic mass is 10.2. The summed E-state index contributed by atoms with van der Waals surface area (Å²) in [5.41, 5.74) is 2.27. The molecule has 0 fully saturated rings. The van der Waals surface area contributed by atoms with Crippen LogP contribution >= 0.6 is 11.3 Å². The van der Waals surface area contributed by atoms with Crippen LogP contribution in [0.3, 0.4) is 0 Å². The Labute approximate surface area is 171 Å². The van der Waals surface area contributed by atoms with Gasteiger partial charge in [0.05, 0.1) is 10.2 Å². The SMILES string of the molecule is C[C@H](NC(=O)c1ccc2nc(-n3cccc3)sc2c1)C(=O)NCc1ccncc1. The number of thiazole rings is 1. The highest BCUT2D eigenvalue weighted by molar-refractivity contribution is 7.20. The van der Waals surface area contributed by atoms with Crippen LogP contribution in [-0.4, -0.2) is 32.4 Å². The van der Waals surface area contributed by atoms with Crippen molar-refractivity contribution < 1.29 is 9.59 Å². The number of nitrogens with zero attached hydrogens (tertiary/aromatic N) is 3. The third kappa shape index (κ3) is 4.33. The number of carbonyl (C=O) groups excluding carboxylic acids is 2. The number of benzene rings is 1. The molecule has 146 valence electrons. The molecule has 3 heterocycles. The maximum absolute atomic E-state index is 12.6. The van der Waals surface area contributed by atoms with Crippen molar-refractivity contribution in [3.05, 3.63) is 78.4 Å². The minimum Gasteiger partial charge on any atom is -0.350 e. The topological polar surface area (TPSA) is 88.9 Å². The second-order valence-corrected chi connectivity index (χ2v) is 7.55. The molecule has 29 heavy (non-hydrogen) atoms. The number of hydrogen-bond acceptors (Lipinski definition) is 5. The Kier molecular flexibility index (Phi) is 5.35. The smallest absolute Gasteiger partial charge is 0.251 e. The lowest BCUT2D eigenvalue weighted by Crippen LogP contribution is -2.44. The van der Waals surface area contributed by atoms with Gasteiger partial charge in [0.2, 0.25) is 5.91 Å². The second-order valence-electron chi connectivity index (χ2n) is 6.54. The quantitative estimate of drug-likeness (QED) is 0.516. The lowest BCUT2D eigenvalue weighted by molar-refractivity contribution is -0.122. The fourth-order valence-electron chi connectivity index (χ4n) is 2.81. The maximum Gasteiger partial charge on any atom is 0.251 e. The fraction of sp³-hybridized carbons (Fsp3) is 0.143. The van der Waals surface area contributed by atoms with Gasteiger partial charge >= 0.3 is 0 Å². The van der Waals surface area contributed by atoms with Crippen LogP contribution in [0, 0.1) is 0 Å². The molecule has 0 spiro atoms. The van der Waals surface area contributed by atoms with Crippen LogP contribution in [0.2, 0.25) is 0 Å². The van der Waals surface area contributed by atoms with Gasteiger partial charge < -0.3 is 15.2 Å². The fourth-order valence-corrected chi connectivity index (χ4v) is 3.79. The van der Waals surface area contributed by atoms with Gasteiger partial charge in [-0.1, -0.05) is 11.3 Å². The minimum absolute atomic E-state index is 0.246. The summed E-state index contributed by atoms with van der Waals surface area (Å²) in [4.78, 5) is 33.4. The molecule has 2 N–H and O–H groups in total. The van der Waals surface area contributed by atoms with E-state index in [9.17, 15) is 9.59 Å². The zero-order valence-electron chi connectivity index (χ0n) is 15.7. The van der Waals surface area contributed by atoms with E-state index in [4.69, 9.17) is 0 Å². The average Bonchev–Trinajstić information content (AvgIpc) is 3.41. The molecule has 0 unspecified atom stereocenters. The van der Waals surface area contributed by atoms with Crippen LogP contribution in [0.4, 0.5) is 0 Å². The molecule has 4 aromatic rings. The Hall–Kier alpha value is -3.52. The van der Waals surface area contributed by atoms with Crippen LogP contribution in [0.25, 0.3) is 15.3 Å². The zero-order valence-corrected chi connectivity index (χ0v) is 16.5. The van der Waals surface area contributed by atoms with E-state index in [0.29, 0.717) is 12.1 Å². The van der Waals surface area contributed by atoms with Crippen LogP contribution in [0.5, 0.6) is 0 Å². The molecule has 3 aromatic heterocycles. The molecule has 1 atom stereocenters. The van der Waals surface area contributed by atoms with Gasteiger partial charge in [-0.2, -0.15) is 0 Å². The van der Waals surface area contributed by atoms with Crippen molar-refractivity contribution in [2.24, 2.45) is 0 Å². The van der Waals surface area contributed by atoms with Crippen LogP contribution in [0.1, 0.15) is 22.8 Å². The summed E-state index contributed by atoms with van der Waals surface area (Å²) >= 11 is 1.50. The van der Waals surface area contributed by atoms with Crippen molar-refractivity contribution in [1.82, 2.24) is 25.2 Å². The molecule has 0 aliphatic rings. The number of carbonyl (C=O) groups is 2. The summed E-state index contributed by atoms with van der Waals surface area (Å²) in [6.45, 7) is 2.05. The third-order valence-electron chi connectivity index (χ3n) is 4.42. The van der Waals surface area contributed by atoms with Crippen molar-refractivity contribution in [1.29, 1.82) is 0 Å². The van der Waals surface area contributed by atoms with E-state index in [1.165, 1.54) is 11.3 Å². The summed E-state index contributed by atoms with van der Waals surface area (Å²) in [7, 11) is 0. The standard InChI is InChI=1S/C21H19N5O2S/c1-14(19(27)23-13-15-6-8-22-9-7-15)24-20(28)16-4-5-17-18(12-16)29-21(25-17)26-10-2-3-11-26/h2-12,14H,13H2,1H3,(H,23,27)(H,24,28)/t14-/m0/s1. The van der Waals surface area contributed by atoms with Gasteiger partial charge in [-0.25, -0.2) is 4.98 Å².